The van der Waals surface area contributed by atoms with E-state index in [1.54, 1.807) is 0 Å². The molecule has 0 atom stereocenters. The highest BCUT2D eigenvalue weighted by Gasteiger charge is 2.29. The van der Waals surface area contributed by atoms with Gasteiger partial charge in [0.1, 0.15) is 11.6 Å². The molecular formula is C9H12N4O2S. The topological polar surface area (TPSA) is 98.6 Å². The van der Waals surface area contributed by atoms with Crippen LogP contribution in [0.25, 0.3) is 0 Å². The Morgan fingerprint density at radius 1 is 1.50 bits per heavy atom. The van der Waals surface area contributed by atoms with Gasteiger partial charge < -0.3 is 0 Å². The average Bonchev–Trinajstić information content (AvgIpc) is 2.86. The summed E-state index contributed by atoms with van der Waals surface area (Å²) >= 11 is 0. The molecule has 1 aromatic rings. The second-order valence-electron chi connectivity index (χ2n) is 3.82. The van der Waals surface area contributed by atoms with E-state index in [9.17, 15) is 8.42 Å². The number of aromatic amines is 1. The summed E-state index contributed by atoms with van der Waals surface area (Å²) in [6, 6.07) is 1.87. The molecule has 1 aromatic heterocycles. The van der Waals surface area contributed by atoms with Gasteiger partial charge in [0, 0.05) is 0 Å². The van der Waals surface area contributed by atoms with Gasteiger partial charge in [-0.2, -0.15) is 10.4 Å². The molecule has 7 heteroatoms. The molecular weight excluding hydrogens is 228 g/mol. The van der Waals surface area contributed by atoms with E-state index >= 15 is 0 Å². The molecule has 0 bridgehead atoms. The van der Waals surface area contributed by atoms with Crippen molar-refractivity contribution in [1.29, 1.82) is 5.26 Å². The van der Waals surface area contributed by atoms with E-state index in [1.165, 1.54) is 6.20 Å². The molecule has 0 radical (unpaired) electrons. The summed E-state index contributed by atoms with van der Waals surface area (Å²) < 4.78 is 26.2. The fourth-order valence-corrected chi connectivity index (χ4v) is 3.43. The molecule has 1 aliphatic carbocycles. The number of sulfonamides is 1. The highest BCUT2D eigenvalue weighted by atomic mass is 32.2. The fourth-order valence-electron chi connectivity index (χ4n) is 1.87. The van der Waals surface area contributed by atoms with Crippen molar-refractivity contribution in [3.05, 3.63) is 11.8 Å². The molecule has 0 spiro atoms. The van der Waals surface area contributed by atoms with Crippen LogP contribution in [0.2, 0.25) is 0 Å². The first-order chi connectivity index (χ1) is 7.63. The Morgan fingerprint density at radius 3 is 2.81 bits per heavy atom. The van der Waals surface area contributed by atoms with Crippen molar-refractivity contribution in [1.82, 2.24) is 10.2 Å². The number of anilines is 1. The summed E-state index contributed by atoms with van der Waals surface area (Å²) in [5.41, 5.74) is 0.210. The van der Waals surface area contributed by atoms with Gasteiger partial charge in [0.15, 0.2) is 5.82 Å². The molecule has 0 unspecified atom stereocenters. The maximum Gasteiger partial charge on any atom is 0.236 e. The lowest BCUT2D eigenvalue weighted by Gasteiger charge is -2.11. The minimum Gasteiger partial charge on any atom is -0.266 e. The Balaban J connectivity index is 2.18. The number of hydrogen-bond acceptors (Lipinski definition) is 4. The average molecular weight is 240 g/mol. The van der Waals surface area contributed by atoms with E-state index in [4.69, 9.17) is 5.26 Å². The number of rotatable bonds is 3. The van der Waals surface area contributed by atoms with E-state index < -0.39 is 10.0 Å². The van der Waals surface area contributed by atoms with Gasteiger partial charge in [0.25, 0.3) is 0 Å². The van der Waals surface area contributed by atoms with Gasteiger partial charge >= 0.3 is 0 Å². The predicted molar refractivity (Wildman–Crippen MR) is 58.1 cm³/mol. The standard InChI is InChI=1S/C9H12N4O2S/c10-5-7-6-11-12-9(7)13-16(14,15)8-3-1-2-4-8/h6,8H,1-4H2,(H2,11,12,13). The Morgan fingerprint density at radius 2 is 2.19 bits per heavy atom. The molecule has 1 saturated carbocycles. The molecule has 0 saturated heterocycles. The maximum absolute atomic E-state index is 11.9. The molecule has 0 amide bonds. The van der Waals surface area contributed by atoms with E-state index in [2.05, 4.69) is 14.9 Å². The summed E-state index contributed by atoms with van der Waals surface area (Å²) in [7, 11) is -3.39. The summed E-state index contributed by atoms with van der Waals surface area (Å²) in [6.07, 6.45) is 4.56. The van der Waals surface area contributed by atoms with E-state index in [1.807, 2.05) is 6.07 Å². The second kappa shape index (κ2) is 4.14. The lowest BCUT2D eigenvalue weighted by molar-refractivity contribution is 0.585. The first kappa shape index (κ1) is 11.0. The van der Waals surface area contributed by atoms with Gasteiger partial charge in [0.05, 0.1) is 11.4 Å². The third-order valence-electron chi connectivity index (χ3n) is 2.75. The normalized spacial score (nSPS) is 17.2. The molecule has 2 rings (SSSR count). The van der Waals surface area contributed by atoms with Gasteiger partial charge in [-0.3, -0.25) is 9.82 Å². The summed E-state index contributed by atoms with van der Waals surface area (Å²) in [4.78, 5) is 0. The molecule has 6 nitrogen and oxygen atoms in total. The quantitative estimate of drug-likeness (QED) is 0.822. The van der Waals surface area contributed by atoms with Gasteiger partial charge in [-0.1, -0.05) is 12.8 Å². The molecule has 0 aromatic carbocycles. The number of hydrogen-bond donors (Lipinski definition) is 2. The van der Waals surface area contributed by atoms with Gasteiger partial charge in [0.2, 0.25) is 10.0 Å². The Labute approximate surface area is 93.7 Å². The lowest BCUT2D eigenvalue weighted by Crippen LogP contribution is -2.25. The molecule has 0 aliphatic heterocycles. The van der Waals surface area contributed by atoms with Crippen molar-refractivity contribution in [2.24, 2.45) is 0 Å². The van der Waals surface area contributed by atoms with Crippen LogP contribution >= 0.6 is 0 Å². The van der Waals surface area contributed by atoms with Gasteiger partial charge in [-0.25, -0.2) is 8.42 Å². The number of nitrogens with zero attached hydrogens (tertiary/aromatic N) is 2. The number of aromatic nitrogens is 2. The molecule has 1 fully saturated rings. The first-order valence-corrected chi connectivity index (χ1v) is 6.63. The first-order valence-electron chi connectivity index (χ1n) is 5.08. The van der Waals surface area contributed by atoms with Gasteiger partial charge in [-0.05, 0) is 12.8 Å². The van der Waals surface area contributed by atoms with Crippen molar-refractivity contribution in [3.8, 4) is 6.07 Å². The molecule has 2 N–H and O–H groups in total. The van der Waals surface area contributed by atoms with Crippen LogP contribution in [0, 0.1) is 11.3 Å². The third kappa shape index (κ3) is 2.02. The smallest absolute Gasteiger partial charge is 0.236 e. The largest absolute Gasteiger partial charge is 0.266 e. The summed E-state index contributed by atoms with van der Waals surface area (Å²) in [6.45, 7) is 0. The molecule has 16 heavy (non-hydrogen) atoms. The van der Waals surface area contributed by atoms with E-state index in [0.717, 1.165) is 12.8 Å². The highest BCUT2D eigenvalue weighted by molar-refractivity contribution is 7.93. The zero-order valence-electron chi connectivity index (χ0n) is 8.60. The monoisotopic (exact) mass is 240 g/mol. The number of nitriles is 1. The fraction of sp³-hybridized carbons (Fsp3) is 0.556. The number of H-pyrrole nitrogens is 1. The van der Waals surface area contributed by atoms with Crippen molar-refractivity contribution < 1.29 is 8.42 Å². The minimum atomic E-state index is -3.39. The van der Waals surface area contributed by atoms with Crippen LogP contribution in [0.5, 0.6) is 0 Å². The molecule has 1 aliphatic rings. The van der Waals surface area contributed by atoms with Crippen LogP contribution in [0.1, 0.15) is 31.2 Å². The van der Waals surface area contributed by atoms with Crippen molar-refractivity contribution >= 4 is 15.8 Å². The van der Waals surface area contributed by atoms with Crippen molar-refractivity contribution in [2.45, 2.75) is 30.9 Å². The predicted octanol–water partition coefficient (Wildman–Crippen LogP) is 0.966. The lowest BCUT2D eigenvalue weighted by atomic mass is 10.4. The number of nitrogens with one attached hydrogen (secondary N) is 2. The Kier molecular flexibility index (Phi) is 2.83. The highest BCUT2D eigenvalue weighted by Crippen LogP contribution is 2.26. The van der Waals surface area contributed by atoms with Crippen LogP contribution in [0.3, 0.4) is 0 Å². The Bertz CT molecular complexity index is 508. The van der Waals surface area contributed by atoms with E-state index in [0.29, 0.717) is 12.8 Å². The Hall–Kier alpha value is -1.55. The van der Waals surface area contributed by atoms with Crippen LogP contribution in [0.4, 0.5) is 5.82 Å². The van der Waals surface area contributed by atoms with Crippen molar-refractivity contribution in [3.63, 3.8) is 0 Å². The summed E-state index contributed by atoms with van der Waals surface area (Å²) in [5.74, 6) is 0.161. The third-order valence-corrected chi connectivity index (χ3v) is 4.58. The summed E-state index contributed by atoms with van der Waals surface area (Å²) in [5, 5.41) is 14.5. The minimum absolute atomic E-state index is 0.161. The zero-order valence-corrected chi connectivity index (χ0v) is 9.42. The maximum atomic E-state index is 11.9. The van der Waals surface area contributed by atoms with Crippen LogP contribution in [0.15, 0.2) is 6.20 Å². The zero-order chi connectivity index (χ0) is 11.6. The van der Waals surface area contributed by atoms with Crippen LogP contribution in [-0.4, -0.2) is 23.9 Å². The SMILES string of the molecule is N#Cc1cn[nH]c1NS(=O)(=O)C1CCCC1. The second-order valence-corrected chi connectivity index (χ2v) is 5.78. The molecule has 1 heterocycles. The van der Waals surface area contributed by atoms with Gasteiger partial charge in [-0.15, -0.1) is 0 Å². The van der Waals surface area contributed by atoms with E-state index in [-0.39, 0.29) is 16.6 Å². The van der Waals surface area contributed by atoms with Crippen LogP contribution in [-0.2, 0) is 10.0 Å². The molecule has 86 valence electrons. The van der Waals surface area contributed by atoms with Crippen LogP contribution < -0.4 is 4.72 Å². The van der Waals surface area contributed by atoms with Crippen molar-refractivity contribution in [2.75, 3.05) is 4.72 Å².